The Morgan fingerprint density at radius 1 is 1.44 bits per heavy atom. The number of hydrogen-bond donors (Lipinski definition) is 1. The monoisotopic (exact) mass is 248 g/mol. The maximum Gasteiger partial charge on any atom is 0.298 e. The highest BCUT2D eigenvalue weighted by atomic mass is 19.1. The van der Waals surface area contributed by atoms with Crippen molar-refractivity contribution in [3.05, 3.63) is 41.7 Å². The van der Waals surface area contributed by atoms with Crippen LogP contribution in [0.5, 0.6) is 0 Å². The Kier molecular flexibility index (Phi) is 3.36. The summed E-state index contributed by atoms with van der Waals surface area (Å²) in [6.45, 7) is 3.81. The number of aryl methyl sites for hydroxylation is 1. The zero-order valence-electron chi connectivity index (χ0n) is 10.1. The molecule has 5 nitrogen and oxygen atoms in total. The Hall–Kier alpha value is -2.24. The number of carbonyl (C=O) groups excluding carboxylic acids is 1. The minimum atomic E-state index is -0.444. The second kappa shape index (κ2) is 4.95. The van der Waals surface area contributed by atoms with Gasteiger partial charge in [-0.1, -0.05) is 12.1 Å². The maximum atomic E-state index is 13.7. The molecule has 0 spiro atoms. The number of hydrogen-bond acceptors (Lipinski definition) is 3. The van der Waals surface area contributed by atoms with E-state index in [4.69, 9.17) is 0 Å². The number of nitrogens with one attached hydrogen (secondary N) is 1. The molecule has 2 rings (SSSR count). The lowest BCUT2D eigenvalue weighted by Gasteiger charge is -2.19. The smallest absolute Gasteiger partial charge is 0.298 e. The minimum Gasteiger partial charge on any atom is -0.303 e. The normalized spacial score (nSPS) is 10.4. The Morgan fingerprint density at radius 3 is 2.72 bits per heavy atom. The van der Waals surface area contributed by atoms with Crippen molar-refractivity contribution in [2.75, 3.05) is 11.4 Å². The second-order valence-electron chi connectivity index (χ2n) is 3.75. The highest BCUT2D eigenvalue weighted by molar-refractivity contribution is 6.03. The molecule has 1 heterocycles. The molecule has 1 amide bonds. The molecule has 0 saturated carbocycles. The number of anilines is 1. The number of aromatic amines is 1. The highest BCUT2D eigenvalue weighted by Gasteiger charge is 2.22. The van der Waals surface area contributed by atoms with Gasteiger partial charge >= 0.3 is 0 Å². The lowest BCUT2D eigenvalue weighted by molar-refractivity contribution is 0.0978. The number of aromatic nitrogens is 3. The van der Waals surface area contributed by atoms with Gasteiger partial charge in [0.2, 0.25) is 5.82 Å². The molecular formula is C12H13FN4O. The van der Waals surface area contributed by atoms with Crippen molar-refractivity contribution in [1.82, 2.24) is 15.2 Å². The van der Waals surface area contributed by atoms with Crippen molar-refractivity contribution in [2.24, 2.45) is 0 Å². The van der Waals surface area contributed by atoms with Crippen molar-refractivity contribution in [3.8, 4) is 0 Å². The van der Waals surface area contributed by atoms with Crippen LogP contribution in [0, 0.1) is 12.7 Å². The first-order valence-corrected chi connectivity index (χ1v) is 5.59. The van der Waals surface area contributed by atoms with Gasteiger partial charge in [-0.2, -0.15) is 0 Å². The first kappa shape index (κ1) is 12.2. The average Bonchev–Trinajstić information content (AvgIpc) is 2.79. The molecule has 0 unspecified atom stereocenters. The van der Waals surface area contributed by atoms with E-state index in [0.717, 1.165) is 0 Å². The molecular weight excluding hydrogens is 235 g/mol. The summed E-state index contributed by atoms with van der Waals surface area (Å²) in [5, 5.41) is 6.38. The van der Waals surface area contributed by atoms with E-state index in [1.165, 1.54) is 11.0 Å². The molecule has 0 aliphatic rings. The number of halogens is 1. The van der Waals surface area contributed by atoms with Gasteiger partial charge < -0.3 is 4.90 Å². The predicted octanol–water partition coefficient (Wildman–Crippen LogP) is 1.92. The predicted molar refractivity (Wildman–Crippen MR) is 64.9 cm³/mol. The van der Waals surface area contributed by atoms with E-state index in [1.54, 1.807) is 32.0 Å². The van der Waals surface area contributed by atoms with E-state index >= 15 is 0 Å². The molecule has 1 aromatic carbocycles. The third-order valence-corrected chi connectivity index (χ3v) is 2.49. The van der Waals surface area contributed by atoms with Gasteiger partial charge in [0.1, 0.15) is 11.6 Å². The fourth-order valence-electron chi connectivity index (χ4n) is 1.65. The number of para-hydroxylation sites is 1. The largest absolute Gasteiger partial charge is 0.303 e. The van der Waals surface area contributed by atoms with Gasteiger partial charge in [0.15, 0.2) is 0 Å². The SMILES string of the molecule is CCN(C(=O)c1n[nH]c(C)n1)c1ccccc1F. The molecule has 0 saturated heterocycles. The van der Waals surface area contributed by atoms with Crippen LogP contribution in [-0.4, -0.2) is 27.6 Å². The Bertz CT molecular complexity index is 567. The summed E-state index contributed by atoms with van der Waals surface area (Å²) in [5.41, 5.74) is 0.229. The Balaban J connectivity index is 2.35. The van der Waals surface area contributed by atoms with Crippen LogP contribution in [0.15, 0.2) is 24.3 Å². The molecule has 2 aromatic rings. The van der Waals surface area contributed by atoms with Gasteiger partial charge in [-0.3, -0.25) is 9.89 Å². The van der Waals surface area contributed by atoms with Gasteiger partial charge in [0.25, 0.3) is 5.91 Å². The lowest BCUT2D eigenvalue weighted by Crippen LogP contribution is -2.32. The van der Waals surface area contributed by atoms with Crippen molar-refractivity contribution in [1.29, 1.82) is 0 Å². The number of H-pyrrole nitrogens is 1. The van der Waals surface area contributed by atoms with Crippen molar-refractivity contribution >= 4 is 11.6 Å². The van der Waals surface area contributed by atoms with Crippen LogP contribution in [0.2, 0.25) is 0 Å². The minimum absolute atomic E-state index is 0.0394. The summed E-state index contributed by atoms with van der Waals surface area (Å²) in [5.74, 6) is -0.285. The molecule has 94 valence electrons. The van der Waals surface area contributed by atoms with E-state index in [2.05, 4.69) is 15.2 Å². The van der Waals surface area contributed by atoms with Gasteiger partial charge in [0.05, 0.1) is 5.69 Å². The summed E-state index contributed by atoms with van der Waals surface area (Å²) < 4.78 is 13.7. The van der Waals surface area contributed by atoms with Crippen LogP contribution in [0.1, 0.15) is 23.4 Å². The van der Waals surface area contributed by atoms with Crippen LogP contribution in [-0.2, 0) is 0 Å². The molecule has 0 aliphatic carbocycles. The Labute approximate surface area is 104 Å². The standard InChI is InChI=1S/C12H13FN4O/c1-3-17(10-7-5-4-6-9(10)13)12(18)11-14-8(2)15-16-11/h4-7H,3H2,1-2H3,(H,14,15,16). The van der Waals surface area contributed by atoms with Crippen molar-refractivity contribution < 1.29 is 9.18 Å². The third kappa shape index (κ3) is 2.22. The molecule has 0 aliphatic heterocycles. The van der Waals surface area contributed by atoms with E-state index < -0.39 is 11.7 Å². The fourth-order valence-corrected chi connectivity index (χ4v) is 1.65. The molecule has 1 aromatic heterocycles. The average molecular weight is 248 g/mol. The molecule has 0 bridgehead atoms. The summed E-state index contributed by atoms with van der Waals surface area (Å²) in [6.07, 6.45) is 0. The van der Waals surface area contributed by atoms with E-state index in [9.17, 15) is 9.18 Å². The molecule has 0 radical (unpaired) electrons. The van der Waals surface area contributed by atoms with E-state index in [1.807, 2.05) is 0 Å². The summed E-state index contributed by atoms with van der Waals surface area (Å²) in [6, 6.07) is 6.12. The van der Waals surface area contributed by atoms with Crippen molar-refractivity contribution in [2.45, 2.75) is 13.8 Å². The number of rotatable bonds is 3. The summed E-state index contributed by atoms with van der Waals surface area (Å²) in [7, 11) is 0. The zero-order valence-corrected chi connectivity index (χ0v) is 10.1. The number of benzene rings is 1. The lowest BCUT2D eigenvalue weighted by atomic mass is 10.2. The van der Waals surface area contributed by atoms with E-state index in [0.29, 0.717) is 12.4 Å². The Morgan fingerprint density at radius 2 is 2.17 bits per heavy atom. The first-order valence-electron chi connectivity index (χ1n) is 5.59. The topological polar surface area (TPSA) is 61.9 Å². The van der Waals surface area contributed by atoms with Gasteiger partial charge in [-0.25, -0.2) is 9.37 Å². The van der Waals surface area contributed by atoms with Gasteiger partial charge in [0, 0.05) is 6.54 Å². The van der Waals surface area contributed by atoms with Crippen LogP contribution in [0.25, 0.3) is 0 Å². The quantitative estimate of drug-likeness (QED) is 0.902. The number of carbonyl (C=O) groups is 1. The molecule has 0 fully saturated rings. The highest BCUT2D eigenvalue weighted by Crippen LogP contribution is 2.19. The van der Waals surface area contributed by atoms with Crippen molar-refractivity contribution in [3.63, 3.8) is 0 Å². The number of nitrogens with zero attached hydrogens (tertiary/aromatic N) is 3. The number of amides is 1. The summed E-state index contributed by atoms with van der Waals surface area (Å²) >= 11 is 0. The fraction of sp³-hybridized carbons (Fsp3) is 0.250. The summed E-state index contributed by atoms with van der Waals surface area (Å²) in [4.78, 5) is 17.4. The maximum absolute atomic E-state index is 13.7. The zero-order chi connectivity index (χ0) is 13.1. The van der Waals surface area contributed by atoms with Crippen LogP contribution < -0.4 is 4.90 Å². The third-order valence-electron chi connectivity index (χ3n) is 2.49. The van der Waals surface area contributed by atoms with Crippen LogP contribution >= 0.6 is 0 Å². The van der Waals surface area contributed by atoms with E-state index in [-0.39, 0.29) is 11.5 Å². The first-order chi connectivity index (χ1) is 8.63. The van der Waals surface area contributed by atoms with Crippen LogP contribution in [0.3, 0.4) is 0 Å². The van der Waals surface area contributed by atoms with Gasteiger partial charge in [-0.15, -0.1) is 5.10 Å². The molecule has 0 atom stereocenters. The molecule has 6 heteroatoms. The van der Waals surface area contributed by atoms with Gasteiger partial charge in [-0.05, 0) is 26.0 Å². The molecule has 1 N–H and O–H groups in total. The molecule has 18 heavy (non-hydrogen) atoms. The second-order valence-corrected chi connectivity index (χ2v) is 3.75. The van der Waals surface area contributed by atoms with Crippen LogP contribution in [0.4, 0.5) is 10.1 Å².